The Hall–Kier alpha value is -1.16. The molecule has 88 valence electrons. The van der Waals surface area contributed by atoms with E-state index in [2.05, 4.69) is 21.8 Å². The third-order valence-electron chi connectivity index (χ3n) is 2.87. The molecule has 2 rings (SSSR count). The summed E-state index contributed by atoms with van der Waals surface area (Å²) < 4.78 is 0. The Bertz CT molecular complexity index is 336. The van der Waals surface area contributed by atoms with Crippen molar-refractivity contribution in [2.24, 2.45) is 11.7 Å². The van der Waals surface area contributed by atoms with Gasteiger partial charge in [0.05, 0.1) is 11.9 Å². The van der Waals surface area contributed by atoms with Gasteiger partial charge in [-0.05, 0) is 25.2 Å². The third-order valence-corrected chi connectivity index (χ3v) is 2.87. The van der Waals surface area contributed by atoms with E-state index in [1.54, 1.807) is 6.20 Å². The van der Waals surface area contributed by atoms with Crippen LogP contribution in [-0.4, -0.2) is 23.1 Å². The molecule has 4 nitrogen and oxygen atoms in total. The summed E-state index contributed by atoms with van der Waals surface area (Å²) in [5, 5.41) is 0. The Morgan fingerprint density at radius 3 is 2.88 bits per heavy atom. The normalized spacial score (nSPS) is 15.1. The molecule has 0 aliphatic heterocycles. The van der Waals surface area contributed by atoms with E-state index in [0.29, 0.717) is 6.54 Å². The molecule has 1 aromatic heterocycles. The molecule has 0 unspecified atom stereocenters. The van der Waals surface area contributed by atoms with Gasteiger partial charge in [0, 0.05) is 25.8 Å². The van der Waals surface area contributed by atoms with Gasteiger partial charge in [-0.15, -0.1) is 0 Å². The van der Waals surface area contributed by atoms with Gasteiger partial charge < -0.3 is 10.6 Å². The highest BCUT2D eigenvalue weighted by atomic mass is 15.2. The van der Waals surface area contributed by atoms with Gasteiger partial charge in [0.15, 0.2) is 0 Å². The second-order valence-electron chi connectivity index (χ2n) is 4.46. The summed E-state index contributed by atoms with van der Waals surface area (Å²) in [7, 11) is 0. The molecular weight excluding hydrogens is 200 g/mol. The maximum Gasteiger partial charge on any atom is 0.147 e. The number of rotatable bonds is 6. The van der Waals surface area contributed by atoms with E-state index in [-0.39, 0.29) is 0 Å². The molecule has 0 spiro atoms. The van der Waals surface area contributed by atoms with Crippen LogP contribution in [0.1, 0.15) is 31.9 Å². The summed E-state index contributed by atoms with van der Waals surface area (Å²) in [4.78, 5) is 11.1. The van der Waals surface area contributed by atoms with Crippen molar-refractivity contribution in [3.8, 4) is 0 Å². The molecule has 1 saturated carbocycles. The molecule has 1 heterocycles. The van der Waals surface area contributed by atoms with Crippen LogP contribution in [0.4, 0.5) is 5.82 Å². The van der Waals surface area contributed by atoms with Gasteiger partial charge in [-0.25, -0.2) is 4.98 Å². The van der Waals surface area contributed by atoms with Gasteiger partial charge in [0.1, 0.15) is 5.82 Å². The van der Waals surface area contributed by atoms with Crippen LogP contribution in [0.2, 0.25) is 0 Å². The molecule has 0 atom stereocenters. The largest absolute Gasteiger partial charge is 0.355 e. The zero-order chi connectivity index (χ0) is 11.4. The Labute approximate surface area is 96.9 Å². The Morgan fingerprint density at radius 1 is 1.44 bits per heavy atom. The number of aromatic nitrogens is 2. The molecule has 16 heavy (non-hydrogen) atoms. The van der Waals surface area contributed by atoms with Crippen LogP contribution in [0.5, 0.6) is 0 Å². The van der Waals surface area contributed by atoms with Crippen molar-refractivity contribution in [2.45, 2.75) is 32.7 Å². The van der Waals surface area contributed by atoms with Crippen LogP contribution in [0.3, 0.4) is 0 Å². The lowest BCUT2D eigenvalue weighted by atomic mass is 10.3. The van der Waals surface area contributed by atoms with Gasteiger partial charge in [0.2, 0.25) is 0 Å². The Balaban J connectivity index is 2.08. The summed E-state index contributed by atoms with van der Waals surface area (Å²) in [5.74, 6) is 1.85. The van der Waals surface area contributed by atoms with Crippen LogP contribution < -0.4 is 10.6 Å². The van der Waals surface area contributed by atoms with E-state index in [0.717, 1.165) is 36.9 Å². The average molecular weight is 220 g/mol. The topological polar surface area (TPSA) is 55.0 Å². The summed E-state index contributed by atoms with van der Waals surface area (Å²) in [6.07, 6.45) is 7.46. The predicted octanol–water partition coefficient (Wildman–Crippen LogP) is 1.56. The highest BCUT2D eigenvalue weighted by molar-refractivity contribution is 5.36. The fourth-order valence-corrected chi connectivity index (χ4v) is 1.83. The number of hydrogen-bond acceptors (Lipinski definition) is 4. The summed E-state index contributed by atoms with van der Waals surface area (Å²) in [6.45, 7) is 4.83. The lowest BCUT2D eigenvalue weighted by Crippen LogP contribution is -2.28. The lowest BCUT2D eigenvalue weighted by molar-refractivity contribution is 0.694. The van der Waals surface area contributed by atoms with Crippen LogP contribution in [-0.2, 0) is 6.54 Å². The molecule has 4 heteroatoms. The van der Waals surface area contributed by atoms with Crippen molar-refractivity contribution in [1.82, 2.24) is 9.97 Å². The molecule has 0 aromatic carbocycles. The second-order valence-corrected chi connectivity index (χ2v) is 4.46. The number of nitrogens with two attached hydrogens (primary N) is 1. The van der Waals surface area contributed by atoms with E-state index < -0.39 is 0 Å². The van der Waals surface area contributed by atoms with Gasteiger partial charge >= 0.3 is 0 Å². The summed E-state index contributed by atoms with van der Waals surface area (Å²) in [6, 6.07) is 0. The maximum absolute atomic E-state index is 5.59. The molecule has 1 aromatic rings. The molecule has 0 radical (unpaired) electrons. The van der Waals surface area contributed by atoms with Crippen molar-refractivity contribution in [2.75, 3.05) is 18.0 Å². The third kappa shape index (κ3) is 2.92. The standard InChI is InChI=1S/C12H20N4/c1-2-5-16(9-10-3-4-10)12-8-14-7-11(6-13)15-12/h7-8,10H,2-6,9,13H2,1H3. The van der Waals surface area contributed by atoms with Crippen molar-refractivity contribution in [3.63, 3.8) is 0 Å². The van der Waals surface area contributed by atoms with E-state index in [9.17, 15) is 0 Å². The van der Waals surface area contributed by atoms with E-state index >= 15 is 0 Å². The van der Waals surface area contributed by atoms with Crippen molar-refractivity contribution >= 4 is 5.82 Å². The fourth-order valence-electron chi connectivity index (χ4n) is 1.83. The first-order valence-corrected chi connectivity index (χ1v) is 6.09. The van der Waals surface area contributed by atoms with Gasteiger partial charge in [-0.1, -0.05) is 6.92 Å². The fraction of sp³-hybridized carbons (Fsp3) is 0.667. The monoisotopic (exact) mass is 220 g/mol. The number of hydrogen-bond donors (Lipinski definition) is 1. The smallest absolute Gasteiger partial charge is 0.147 e. The minimum absolute atomic E-state index is 0.463. The van der Waals surface area contributed by atoms with Gasteiger partial charge in [0.25, 0.3) is 0 Å². The minimum Gasteiger partial charge on any atom is -0.355 e. The summed E-state index contributed by atoms with van der Waals surface area (Å²) in [5.41, 5.74) is 6.46. The van der Waals surface area contributed by atoms with Crippen molar-refractivity contribution < 1.29 is 0 Å². The first-order chi connectivity index (χ1) is 7.83. The first kappa shape index (κ1) is 11.3. The Kier molecular flexibility index (Phi) is 3.72. The van der Waals surface area contributed by atoms with E-state index in [4.69, 9.17) is 5.73 Å². The maximum atomic E-state index is 5.59. The van der Waals surface area contributed by atoms with Gasteiger partial charge in [-0.3, -0.25) is 4.98 Å². The number of nitrogens with zero attached hydrogens (tertiary/aromatic N) is 3. The molecule has 1 fully saturated rings. The molecule has 1 aliphatic carbocycles. The lowest BCUT2D eigenvalue weighted by Gasteiger charge is -2.23. The molecule has 0 bridgehead atoms. The van der Waals surface area contributed by atoms with Gasteiger partial charge in [-0.2, -0.15) is 0 Å². The minimum atomic E-state index is 0.463. The Morgan fingerprint density at radius 2 is 2.25 bits per heavy atom. The molecule has 1 aliphatic rings. The molecule has 0 saturated heterocycles. The zero-order valence-corrected chi connectivity index (χ0v) is 9.89. The van der Waals surface area contributed by atoms with Crippen LogP contribution in [0, 0.1) is 5.92 Å². The van der Waals surface area contributed by atoms with E-state index in [1.807, 2.05) is 6.20 Å². The van der Waals surface area contributed by atoms with Crippen LogP contribution >= 0.6 is 0 Å². The quantitative estimate of drug-likeness (QED) is 0.790. The highest BCUT2D eigenvalue weighted by Crippen LogP contribution is 2.30. The SMILES string of the molecule is CCCN(CC1CC1)c1cncc(CN)n1. The molecular formula is C12H20N4. The zero-order valence-electron chi connectivity index (χ0n) is 9.89. The number of anilines is 1. The second kappa shape index (κ2) is 5.25. The molecule has 0 amide bonds. The van der Waals surface area contributed by atoms with Crippen molar-refractivity contribution in [3.05, 3.63) is 18.1 Å². The van der Waals surface area contributed by atoms with Crippen LogP contribution in [0.15, 0.2) is 12.4 Å². The first-order valence-electron chi connectivity index (χ1n) is 6.09. The van der Waals surface area contributed by atoms with Crippen LogP contribution in [0.25, 0.3) is 0 Å². The summed E-state index contributed by atoms with van der Waals surface area (Å²) >= 11 is 0. The molecule has 2 N–H and O–H groups in total. The highest BCUT2D eigenvalue weighted by Gasteiger charge is 2.24. The predicted molar refractivity (Wildman–Crippen MR) is 65.2 cm³/mol. The van der Waals surface area contributed by atoms with E-state index in [1.165, 1.54) is 12.8 Å². The average Bonchev–Trinajstić information content (AvgIpc) is 3.12. The van der Waals surface area contributed by atoms with Crippen molar-refractivity contribution in [1.29, 1.82) is 0 Å².